The molecule has 1 saturated carbocycles. The molecule has 2 heterocycles. The number of H-pyrrole nitrogens is 1. The Labute approximate surface area is 159 Å². The summed E-state index contributed by atoms with van der Waals surface area (Å²) in [5, 5.41) is 4.15. The third kappa shape index (κ3) is 3.68. The predicted octanol–water partition coefficient (Wildman–Crippen LogP) is 4.78. The summed E-state index contributed by atoms with van der Waals surface area (Å²) >= 11 is 0. The zero-order valence-electron chi connectivity index (χ0n) is 15.1. The van der Waals surface area contributed by atoms with Gasteiger partial charge in [0.15, 0.2) is 0 Å². The molecule has 0 radical (unpaired) electrons. The number of benzene rings is 1. The first-order chi connectivity index (χ1) is 13.4. The lowest BCUT2D eigenvalue weighted by molar-refractivity contribution is -0.186. The van der Waals surface area contributed by atoms with Gasteiger partial charge >= 0.3 is 6.18 Å². The number of alkyl halides is 4. The number of hydrogen-bond donors (Lipinski definition) is 1. The van der Waals surface area contributed by atoms with E-state index in [1.165, 1.54) is 6.20 Å². The van der Waals surface area contributed by atoms with E-state index >= 15 is 0 Å². The van der Waals surface area contributed by atoms with Gasteiger partial charge in [0.05, 0.1) is 17.8 Å². The minimum absolute atomic E-state index is 0.0949. The number of imidazole rings is 1. The van der Waals surface area contributed by atoms with Crippen molar-refractivity contribution < 1.29 is 17.6 Å². The van der Waals surface area contributed by atoms with E-state index in [0.717, 1.165) is 11.3 Å². The predicted molar refractivity (Wildman–Crippen MR) is 96.0 cm³/mol. The van der Waals surface area contributed by atoms with Gasteiger partial charge in [-0.05, 0) is 36.6 Å². The number of nitrogens with one attached hydrogen (secondary N) is 1. The second kappa shape index (κ2) is 7.07. The van der Waals surface area contributed by atoms with E-state index in [-0.39, 0.29) is 19.3 Å². The van der Waals surface area contributed by atoms with Gasteiger partial charge in [0, 0.05) is 43.0 Å². The number of nitrogens with zero attached hydrogens (tertiary/aromatic N) is 3. The normalized spacial score (nSPS) is 16.9. The number of halogens is 4. The smallest absolute Gasteiger partial charge is 0.346 e. The lowest BCUT2D eigenvalue weighted by Crippen LogP contribution is -2.26. The average molecular weight is 392 g/mol. The molecule has 0 aliphatic heterocycles. The highest BCUT2D eigenvalue weighted by atomic mass is 19.4. The van der Waals surface area contributed by atoms with Crippen LogP contribution in [-0.4, -0.2) is 32.6 Å². The second-order valence-electron chi connectivity index (χ2n) is 7.41. The zero-order valence-corrected chi connectivity index (χ0v) is 15.1. The second-order valence-corrected chi connectivity index (χ2v) is 7.41. The molecule has 2 aromatic heterocycles. The first kappa shape index (κ1) is 18.7. The summed E-state index contributed by atoms with van der Waals surface area (Å²) in [6, 6.07) is 9.22. The summed E-state index contributed by atoms with van der Waals surface area (Å²) in [6.07, 6.45) is 1.25. The fraction of sp³-hybridized carbons (Fsp3) is 0.400. The van der Waals surface area contributed by atoms with Crippen LogP contribution in [0.2, 0.25) is 0 Å². The van der Waals surface area contributed by atoms with Crippen LogP contribution in [0.5, 0.6) is 0 Å². The van der Waals surface area contributed by atoms with Crippen molar-refractivity contribution >= 4 is 0 Å². The molecule has 28 heavy (non-hydrogen) atoms. The Morgan fingerprint density at radius 1 is 1.18 bits per heavy atom. The van der Waals surface area contributed by atoms with Crippen molar-refractivity contribution in [1.29, 1.82) is 0 Å². The lowest BCUT2D eigenvalue weighted by Gasteiger charge is -2.18. The van der Waals surface area contributed by atoms with Gasteiger partial charge in [0.1, 0.15) is 5.82 Å². The molecule has 0 bridgehead atoms. The van der Waals surface area contributed by atoms with Crippen LogP contribution in [0.4, 0.5) is 17.6 Å². The molecule has 0 amide bonds. The zero-order chi connectivity index (χ0) is 19.8. The number of hydrogen-bond acceptors (Lipinski definition) is 2. The van der Waals surface area contributed by atoms with Crippen molar-refractivity contribution in [3.05, 3.63) is 66.0 Å². The Bertz CT molecular complexity index is 909. The van der Waals surface area contributed by atoms with E-state index in [0.29, 0.717) is 17.9 Å². The molecule has 0 saturated heterocycles. The molecule has 1 unspecified atom stereocenters. The molecule has 3 aromatic rings. The Hall–Kier alpha value is -2.64. The van der Waals surface area contributed by atoms with Crippen LogP contribution in [0.15, 0.2) is 48.9 Å². The van der Waals surface area contributed by atoms with E-state index in [4.69, 9.17) is 0 Å². The van der Waals surface area contributed by atoms with Crippen LogP contribution in [0.25, 0.3) is 5.69 Å². The summed E-state index contributed by atoms with van der Waals surface area (Å²) in [7, 11) is 0. The maximum absolute atomic E-state index is 13.6. The third-order valence-electron chi connectivity index (χ3n) is 5.42. The van der Waals surface area contributed by atoms with Crippen molar-refractivity contribution in [3.63, 3.8) is 0 Å². The van der Waals surface area contributed by atoms with Crippen LogP contribution in [0.1, 0.15) is 35.8 Å². The average Bonchev–Trinajstić information content (AvgIpc) is 3.07. The minimum Gasteiger partial charge on any atom is -0.346 e. The highest BCUT2D eigenvalue weighted by Gasteiger charge is 2.62. The maximum Gasteiger partial charge on any atom is 0.394 e. The van der Waals surface area contributed by atoms with Crippen LogP contribution in [-0.2, 0) is 12.8 Å². The molecule has 4 rings (SSSR count). The molecule has 1 N–H and O–H groups in total. The van der Waals surface area contributed by atoms with Crippen molar-refractivity contribution in [2.24, 2.45) is 5.41 Å². The first-order valence-corrected chi connectivity index (χ1v) is 9.16. The summed E-state index contributed by atoms with van der Waals surface area (Å²) in [6.45, 7) is -0.580. The molecule has 8 heteroatoms. The summed E-state index contributed by atoms with van der Waals surface area (Å²) < 4.78 is 54.7. The number of aromatic amines is 1. The van der Waals surface area contributed by atoms with E-state index in [1.807, 2.05) is 36.5 Å². The Morgan fingerprint density at radius 2 is 1.93 bits per heavy atom. The summed E-state index contributed by atoms with van der Waals surface area (Å²) in [5.74, 6) is 0.0925. The molecule has 1 fully saturated rings. The van der Waals surface area contributed by atoms with Gasteiger partial charge in [-0.2, -0.15) is 18.3 Å². The molecule has 1 atom stereocenters. The fourth-order valence-corrected chi connectivity index (χ4v) is 3.49. The van der Waals surface area contributed by atoms with E-state index in [9.17, 15) is 17.6 Å². The van der Waals surface area contributed by atoms with Crippen molar-refractivity contribution in [1.82, 2.24) is 19.7 Å². The largest absolute Gasteiger partial charge is 0.394 e. The van der Waals surface area contributed by atoms with Gasteiger partial charge < -0.3 is 4.98 Å². The topological polar surface area (TPSA) is 46.5 Å². The van der Waals surface area contributed by atoms with E-state index < -0.39 is 24.2 Å². The highest BCUT2D eigenvalue weighted by Crippen LogP contribution is 2.59. The molecule has 1 aromatic carbocycles. The van der Waals surface area contributed by atoms with Gasteiger partial charge in [-0.15, -0.1) is 0 Å². The summed E-state index contributed by atoms with van der Waals surface area (Å²) in [5.41, 5.74) is 0.522. The molecule has 0 spiro atoms. The third-order valence-corrected chi connectivity index (χ3v) is 5.42. The monoisotopic (exact) mass is 392 g/mol. The van der Waals surface area contributed by atoms with Gasteiger partial charge in [-0.3, -0.25) is 4.39 Å². The highest BCUT2D eigenvalue weighted by molar-refractivity contribution is 5.35. The number of aromatic nitrogens is 4. The Kier molecular flexibility index (Phi) is 4.72. The van der Waals surface area contributed by atoms with E-state index in [2.05, 4.69) is 15.1 Å². The molecule has 148 valence electrons. The van der Waals surface area contributed by atoms with Gasteiger partial charge in [-0.25, -0.2) is 9.67 Å². The summed E-state index contributed by atoms with van der Waals surface area (Å²) in [4.78, 5) is 7.14. The van der Waals surface area contributed by atoms with Crippen LogP contribution >= 0.6 is 0 Å². The minimum atomic E-state index is -4.20. The van der Waals surface area contributed by atoms with Crippen LogP contribution < -0.4 is 0 Å². The van der Waals surface area contributed by atoms with Gasteiger partial charge in [-0.1, -0.05) is 12.1 Å². The quantitative estimate of drug-likeness (QED) is 0.589. The number of rotatable bonds is 7. The Balaban J connectivity index is 1.44. The standard InChI is InChI=1S/C20H20F4N4/c21-12-15(14-2-4-17(5-3-14)28-9-1-8-26-28)10-18-25-13-16(27-18)11-19(6-7-19)20(22,23)24/h1-5,8-9,13,15H,6-7,10-12H2,(H,25,27). The van der Waals surface area contributed by atoms with Crippen molar-refractivity contribution in [2.45, 2.75) is 37.8 Å². The maximum atomic E-state index is 13.6. The first-order valence-electron chi connectivity index (χ1n) is 9.16. The SMILES string of the molecule is FCC(Cc1ncc(CC2(C(F)(F)F)CC2)[nH]1)c1ccc(-n2cccn2)cc1. The van der Waals surface area contributed by atoms with Crippen LogP contribution in [0.3, 0.4) is 0 Å². The molecular weight excluding hydrogens is 372 g/mol. The van der Waals surface area contributed by atoms with Crippen molar-refractivity contribution in [3.8, 4) is 5.69 Å². The van der Waals surface area contributed by atoms with E-state index in [1.54, 1.807) is 10.9 Å². The van der Waals surface area contributed by atoms with Crippen molar-refractivity contribution in [2.75, 3.05) is 6.67 Å². The molecule has 4 nitrogen and oxygen atoms in total. The fourth-order valence-electron chi connectivity index (χ4n) is 3.49. The lowest BCUT2D eigenvalue weighted by atomic mass is 9.96. The van der Waals surface area contributed by atoms with Gasteiger partial charge in [0.25, 0.3) is 0 Å². The van der Waals surface area contributed by atoms with Crippen LogP contribution in [0, 0.1) is 5.41 Å². The molecular formula is C20H20F4N4. The van der Waals surface area contributed by atoms with Gasteiger partial charge in [0.2, 0.25) is 0 Å². The molecule has 1 aliphatic carbocycles. The Morgan fingerprint density at radius 3 is 2.50 bits per heavy atom. The molecule has 1 aliphatic rings.